The van der Waals surface area contributed by atoms with Crippen molar-refractivity contribution >= 4 is 25.7 Å². The Morgan fingerprint density at radius 1 is 1.00 bits per heavy atom. The van der Waals surface area contributed by atoms with E-state index in [0.29, 0.717) is 48.9 Å². The van der Waals surface area contributed by atoms with Gasteiger partial charge in [0, 0.05) is 19.6 Å². The van der Waals surface area contributed by atoms with Crippen molar-refractivity contribution in [2.45, 2.75) is 43.6 Å². The Bertz CT molecular complexity index is 1210. The third-order valence-electron chi connectivity index (χ3n) is 6.23. The van der Waals surface area contributed by atoms with Gasteiger partial charge in [0.1, 0.15) is 5.75 Å². The number of piperidine rings is 1. The highest BCUT2D eigenvalue weighted by molar-refractivity contribution is 7.92. The van der Waals surface area contributed by atoms with Crippen LogP contribution >= 0.6 is 0 Å². The highest BCUT2D eigenvalue weighted by atomic mass is 32.2. The molecule has 35 heavy (non-hydrogen) atoms. The van der Waals surface area contributed by atoms with Gasteiger partial charge in [0.05, 0.1) is 22.9 Å². The predicted molar refractivity (Wildman–Crippen MR) is 136 cm³/mol. The number of phenols is 1. The van der Waals surface area contributed by atoms with Gasteiger partial charge in [-0.3, -0.25) is 4.72 Å². The van der Waals surface area contributed by atoms with Crippen LogP contribution in [-0.4, -0.2) is 63.8 Å². The quantitative estimate of drug-likeness (QED) is 0.350. The van der Waals surface area contributed by atoms with Crippen molar-refractivity contribution in [3.63, 3.8) is 0 Å². The molecule has 0 bridgehead atoms. The highest BCUT2D eigenvalue weighted by Crippen LogP contribution is 2.28. The van der Waals surface area contributed by atoms with Gasteiger partial charge in [-0.1, -0.05) is 32.0 Å². The summed E-state index contributed by atoms with van der Waals surface area (Å²) >= 11 is 0. The van der Waals surface area contributed by atoms with Crippen LogP contribution in [0.15, 0.2) is 47.4 Å². The number of hydrogen-bond acceptors (Lipinski definition) is 7. The lowest BCUT2D eigenvalue weighted by molar-refractivity contribution is 0.169. The molecule has 0 amide bonds. The van der Waals surface area contributed by atoms with Gasteiger partial charge in [0.2, 0.25) is 20.0 Å². The molecule has 1 aliphatic heterocycles. The first-order chi connectivity index (χ1) is 16.4. The fraction of sp³-hybridized carbons (Fsp3) is 0.500. The van der Waals surface area contributed by atoms with Crippen molar-refractivity contribution in [1.29, 1.82) is 0 Å². The average molecular weight is 526 g/mol. The number of nitrogens with one attached hydrogen (secondary N) is 2. The SMILES string of the molecule is CC(C)c1ccc(S(=O)(=O)N2CCC(CNC[C@H](O)c3ccc(O)c(NS(C)(=O)=O)c3)CC2)cc1. The third-order valence-corrected chi connectivity index (χ3v) is 8.73. The summed E-state index contributed by atoms with van der Waals surface area (Å²) in [6.45, 7) is 5.90. The summed E-state index contributed by atoms with van der Waals surface area (Å²) in [6, 6.07) is 11.4. The van der Waals surface area contributed by atoms with Gasteiger partial charge in [-0.05, 0) is 66.6 Å². The van der Waals surface area contributed by atoms with E-state index in [1.807, 2.05) is 12.1 Å². The fourth-order valence-electron chi connectivity index (χ4n) is 4.11. The molecule has 11 heteroatoms. The normalized spacial score (nSPS) is 16.9. The fourth-order valence-corrected chi connectivity index (χ4v) is 6.14. The number of anilines is 1. The van der Waals surface area contributed by atoms with Crippen molar-refractivity contribution < 1.29 is 27.0 Å². The molecule has 1 heterocycles. The molecule has 1 atom stereocenters. The van der Waals surface area contributed by atoms with Crippen LogP contribution in [0.1, 0.15) is 49.8 Å². The standard InChI is InChI=1S/C24H35N3O6S2/c1-17(2)19-4-7-21(8-5-19)35(32,33)27-12-10-18(11-13-27)15-25-16-24(29)20-6-9-23(28)22(14-20)26-34(3,30)31/h4-9,14,17-18,24-26,28-29H,10-13,15-16H2,1-3H3/t24-/m0/s1. The number of rotatable bonds is 10. The van der Waals surface area contributed by atoms with Crippen LogP contribution in [0.5, 0.6) is 5.75 Å². The van der Waals surface area contributed by atoms with E-state index in [2.05, 4.69) is 23.9 Å². The molecule has 9 nitrogen and oxygen atoms in total. The third kappa shape index (κ3) is 7.40. The second kappa shape index (κ2) is 11.3. The van der Waals surface area contributed by atoms with Crippen LogP contribution in [0.2, 0.25) is 0 Å². The van der Waals surface area contributed by atoms with Crippen LogP contribution < -0.4 is 10.0 Å². The van der Waals surface area contributed by atoms with Crippen molar-refractivity contribution in [3.05, 3.63) is 53.6 Å². The van der Waals surface area contributed by atoms with E-state index in [1.54, 1.807) is 12.1 Å². The second-order valence-electron chi connectivity index (χ2n) is 9.40. The molecule has 1 aliphatic rings. The maximum Gasteiger partial charge on any atom is 0.243 e. The monoisotopic (exact) mass is 525 g/mol. The molecule has 4 N–H and O–H groups in total. The first-order valence-corrected chi connectivity index (χ1v) is 15.0. The maximum atomic E-state index is 13.0. The Hall–Kier alpha value is -2.18. The van der Waals surface area contributed by atoms with Gasteiger partial charge in [0.25, 0.3) is 0 Å². The average Bonchev–Trinajstić information content (AvgIpc) is 2.80. The minimum absolute atomic E-state index is 0.0106. The largest absolute Gasteiger partial charge is 0.506 e. The molecule has 0 unspecified atom stereocenters. The molecule has 0 aliphatic carbocycles. The van der Waals surface area contributed by atoms with Crippen LogP contribution in [-0.2, 0) is 20.0 Å². The molecule has 194 valence electrons. The maximum absolute atomic E-state index is 13.0. The molecule has 1 saturated heterocycles. The summed E-state index contributed by atoms with van der Waals surface area (Å²) in [5, 5.41) is 23.5. The number of aliphatic hydroxyl groups excluding tert-OH is 1. The first-order valence-electron chi connectivity index (χ1n) is 11.7. The molecule has 0 saturated carbocycles. The Morgan fingerprint density at radius 3 is 2.17 bits per heavy atom. The Labute approximate surface area is 208 Å². The number of aromatic hydroxyl groups is 1. The minimum atomic E-state index is -3.57. The van der Waals surface area contributed by atoms with E-state index in [-0.39, 0.29) is 23.9 Å². The lowest BCUT2D eigenvalue weighted by Gasteiger charge is -2.31. The topological polar surface area (TPSA) is 136 Å². The Balaban J connectivity index is 1.49. The number of sulfonamides is 2. The summed E-state index contributed by atoms with van der Waals surface area (Å²) in [5.74, 6) is 0.393. The van der Waals surface area contributed by atoms with E-state index >= 15 is 0 Å². The van der Waals surface area contributed by atoms with Gasteiger partial charge in [0.15, 0.2) is 0 Å². The number of aliphatic hydroxyl groups is 1. The summed E-state index contributed by atoms with van der Waals surface area (Å²) in [6.07, 6.45) is 1.52. The summed E-state index contributed by atoms with van der Waals surface area (Å²) in [5.41, 5.74) is 1.58. The lowest BCUT2D eigenvalue weighted by atomic mass is 9.98. The molecule has 2 aromatic carbocycles. The van der Waals surface area contributed by atoms with Crippen molar-refractivity contribution in [1.82, 2.24) is 9.62 Å². The predicted octanol–water partition coefficient (Wildman–Crippen LogP) is 2.61. The van der Waals surface area contributed by atoms with E-state index in [1.165, 1.54) is 22.5 Å². The van der Waals surface area contributed by atoms with Gasteiger partial charge >= 0.3 is 0 Å². The van der Waals surface area contributed by atoms with Crippen molar-refractivity contribution in [2.75, 3.05) is 37.2 Å². The van der Waals surface area contributed by atoms with E-state index in [0.717, 1.165) is 11.8 Å². The number of nitrogens with zero attached hydrogens (tertiary/aromatic N) is 1. The molecule has 0 radical (unpaired) electrons. The Kier molecular flexibility index (Phi) is 8.81. The molecular formula is C24H35N3O6S2. The van der Waals surface area contributed by atoms with Crippen molar-refractivity contribution in [2.24, 2.45) is 5.92 Å². The van der Waals surface area contributed by atoms with Gasteiger partial charge in [-0.25, -0.2) is 16.8 Å². The summed E-state index contributed by atoms with van der Waals surface area (Å²) < 4.78 is 52.6. The zero-order valence-corrected chi connectivity index (χ0v) is 21.9. The minimum Gasteiger partial charge on any atom is -0.506 e. The number of benzene rings is 2. The van der Waals surface area contributed by atoms with Crippen LogP contribution in [0.3, 0.4) is 0 Å². The smallest absolute Gasteiger partial charge is 0.243 e. The van der Waals surface area contributed by atoms with Crippen LogP contribution in [0.4, 0.5) is 5.69 Å². The molecule has 0 aromatic heterocycles. The Morgan fingerprint density at radius 2 is 1.60 bits per heavy atom. The van der Waals surface area contributed by atoms with E-state index in [4.69, 9.17) is 0 Å². The molecule has 2 aromatic rings. The molecule has 3 rings (SSSR count). The highest BCUT2D eigenvalue weighted by Gasteiger charge is 2.29. The number of hydrogen-bond donors (Lipinski definition) is 4. The van der Waals surface area contributed by atoms with Gasteiger partial charge in [-0.2, -0.15) is 4.31 Å². The molecular weight excluding hydrogens is 490 g/mol. The van der Waals surface area contributed by atoms with E-state index in [9.17, 15) is 27.0 Å². The lowest BCUT2D eigenvalue weighted by Crippen LogP contribution is -2.41. The second-order valence-corrected chi connectivity index (χ2v) is 13.1. The van der Waals surface area contributed by atoms with Crippen LogP contribution in [0, 0.1) is 5.92 Å². The van der Waals surface area contributed by atoms with Crippen molar-refractivity contribution in [3.8, 4) is 5.75 Å². The summed E-state index contributed by atoms with van der Waals surface area (Å²) in [4.78, 5) is 0.320. The van der Waals surface area contributed by atoms with Gasteiger partial charge < -0.3 is 15.5 Å². The molecule has 0 spiro atoms. The van der Waals surface area contributed by atoms with Gasteiger partial charge in [-0.15, -0.1) is 0 Å². The molecule has 1 fully saturated rings. The van der Waals surface area contributed by atoms with Crippen LogP contribution in [0.25, 0.3) is 0 Å². The zero-order chi connectivity index (χ0) is 25.8. The van der Waals surface area contributed by atoms with E-state index < -0.39 is 26.2 Å². The number of phenolic OH excluding ortho intramolecular Hbond substituents is 1. The summed E-state index contributed by atoms with van der Waals surface area (Å²) in [7, 11) is -7.08. The first kappa shape index (κ1) is 27.4. The zero-order valence-electron chi connectivity index (χ0n) is 20.3.